The predicted molar refractivity (Wildman–Crippen MR) is 77.4 cm³/mol. The highest BCUT2D eigenvalue weighted by atomic mass is 79.9. The molecule has 0 aromatic heterocycles. The van der Waals surface area contributed by atoms with Gasteiger partial charge in [0.05, 0.1) is 0 Å². The van der Waals surface area contributed by atoms with E-state index in [1.54, 1.807) is 19.1 Å². The molecule has 0 aliphatic heterocycles. The molecule has 0 saturated heterocycles. The van der Waals surface area contributed by atoms with E-state index in [0.29, 0.717) is 10.2 Å². The zero-order valence-corrected chi connectivity index (χ0v) is 12.5. The molecule has 0 spiro atoms. The molecule has 5 heteroatoms. The third-order valence-corrected chi connectivity index (χ3v) is 3.60. The van der Waals surface area contributed by atoms with Crippen molar-refractivity contribution >= 4 is 15.9 Å². The van der Waals surface area contributed by atoms with E-state index in [-0.39, 0.29) is 24.3 Å². The fourth-order valence-corrected chi connectivity index (χ4v) is 2.27. The Hall–Kier alpha value is -1.46. The topological polar surface area (TPSA) is 35.2 Å². The molecule has 106 valence electrons. The summed E-state index contributed by atoms with van der Waals surface area (Å²) in [6.45, 7) is 2.00. The third kappa shape index (κ3) is 3.55. The maximum absolute atomic E-state index is 13.3. The largest absolute Gasteiger partial charge is 0.488 e. The molecular weight excluding hydrogens is 328 g/mol. The molecular formula is C15H14BrF2NO. The van der Waals surface area contributed by atoms with Gasteiger partial charge in [-0.25, -0.2) is 8.78 Å². The summed E-state index contributed by atoms with van der Waals surface area (Å²) in [5, 5.41) is 0. The highest BCUT2D eigenvalue weighted by molar-refractivity contribution is 9.10. The molecule has 0 bridgehead atoms. The summed E-state index contributed by atoms with van der Waals surface area (Å²) in [6.07, 6.45) is 0. The Bertz CT molecular complexity index is 617. The predicted octanol–water partition coefficient (Wildman–Crippen LogP) is 4.33. The number of ether oxygens (including phenoxy) is 1. The lowest BCUT2D eigenvalue weighted by Crippen LogP contribution is -2.08. The Kier molecular flexibility index (Phi) is 4.73. The summed E-state index contributed by atoms with van der Waals surface area (Å²) in [5.41, 5.74) is 7.32. The van der Waals surface area contributed by atoms with Crippen molar-refractivity contribution in [2.75, 3.05) is 0 Å². The van der Waals surface area contributed by atoms with E-state index in [9.17, 15) is 8.78 Å². The maximum atomic E-state index is 13.3. The van der Waals surface area contributed by atoms with Gasteiger partial charge in [-0.2, -0.15) is 0 Å². The Morgan fingerprint density at radius 2 is 1.80 bits per heavy atom. The van der Waals surface area contributed by atoms with E-state index in [1.165, 1.54) is 24.3 Å². The van der Waals surface area contributed by atoms with Crippen LogP contribution in [0.25, 0.3) is 0 Å². The van der Waals surface area contributed by atoms with Crippen LogP contribution in [0.1, 0.15) is 24.1 Å². The van der Waals surface area contributed by atoms with Gasteiger partial charge in [0.1, 0.15) is 24.0 Å². The van der Waals surface area contributed by atoms with Crippen molar-refractivity contribution in [3.63, 3.8) is 0 Å². The second kappa shape index (κ2) is 6.33. The molecule has 2 aromatic rings. The van der Waals surface area contributed by atoms with Crippen molar-refractivity contribution in [2.24, 2.45) is 5.73 Å². The first kappa shape index (κ1) is 14.9. The van der Waals surface area contributed by atoms with Crippen LogP contribution in [0, 0.1) is 11.6 Å². The first-order valence-electron chi connectivity index (χ1n) is 6.09. The number of hydrogen-bond acceptors (Lipinski definition) is 2. The van der Waals surface area contributed by atoms with Gasteiger partial charge in [0.2, 0.25) is 0 Å². The summed E-state index contributed by atoms with van der Waals surface area (Å²) < 4.78 is 32.5. The van der Waals surface area contributed by atoms with Gasteiger partial charge in [-0.1, -0.05) is 28.1 Å². The summed E-state index contributed by atoms with van der Waals surface area (Å²) in [7, 11) is 0. The SMILES string of the molecule is CC(N)c1ccc(F)cc1OCc1ccc(F)cc1Br. The van der Waals surface area contributed by atoms with E-state index >= 15 is 0 Å². The second-order valence-electron chi connectivity index (χ2n) is 4.50. The van der Waals surface area contributed by atoms with Gasteiger partial charge in [0.15, 0.2) is 0 Å². The second-order valence-corrected chi connectivity index (χ2v) is 5.35. The zero-order valence-electron chi connectivity index (χ0n) is 10.9. The highest BCUT2D eigenvalue weighted by Gasteiger charge is 2.10. The van der Waals surface area contributed by atoms with Crippen LogP contribution in [-0.4, -0.2) is 0 Å². The Balaban J connectivity index is 2.20. The van der Waals surface area contributed by atoms with E-state index in [4.69, 9.17) is 10.5 Å². The molecule has 2 aromatic carbocycles. The average molecular weight is 342 g/mol. The van der Waals surface area contributed by atoms with Gasteiger partial charge in [-0.15, -0.1) is 0 Å². The minimum absolute atomic E-state index is 0.198. The molecule has 0 heterocycles. The number of halogens is 3. The quantitative estimate of drug-likeness (QED) is 0.898. The summed E-state index contributed by atoms with van der Waals surface area (Å²) in [4.78, 5) is 0. The van der Waals surface area contributed by atoms with Crippen molar-refractivity contribution in [1.82, 2.24) is 0 Å². The molecule has 2 N–H and O–H groups in total. The van der Waals surface area contributed by atoms with Crippen LogP contribution in [0.5, 0.6) is 5.75 Å². The van der Waals surface area contributed by atoms with Crippen LogP contribution < -0.4 is 10.5 Å². The van der Waals surface area contributed by atoms with E-state index in [0.717, 1.165) is 11.1 Å². The van der Waals surface area contributed by atoms with Crippen molar-refractivity contribution in [3.8, 4) is 5.75 Å². The standard InChI is InChI=1S/C15H14BrF2NO/c1-9(19)13-5-4-12(18)7-15(13)20-8-10-2-3-11(17)6-14(10)16/h2-7,9H,8,19H2,1H3. The lowest BCUT2D eigenvalue weighted by molar-refractivity contribution is 0.299. The lowest BCUT2D eigenvalue weighted by atomic mass is 10.1. The highest BCUT2D eigenvalue weighted by Crippen LogP contribution is 2.27. The average Bonchev–Trinajstić information content (AvgIpc) is 2.37. The van der Waals surface area contributed by atoms with Crippen LogP contribution >= 0.6 is 15.9 Å². The van der Waals surface area contributed by atoms with Crippen molar-refractivity contribution in [3.05, 3.63) is 63.6 Å². The molecule has 0 amide bonds. The first-order chi connectivity index (χ1) is 9.47. The van der Waals surface area contributed by atoms with E-state index in [1.807, 2.05) is 0 Å². The fourth-order valence-electron chi connectivity index (χ4n) is 1.80. The molecule has 1 atom stereocenters. The molecule has 0 fully saturated rings. The van der Waals surface area contributed by atoms with Crippen molar-refractivity contribution in [1.29, 1.82) is 0 Å². The maximum Gasteiger partial charge on any atom is 0.127 e. The summed E-state index contributed by atoms with van der Waals surface area (Å²) >= 11 is 3.26. The smallest absolute Gasteiger partial charge is 0.127 e. The Morgan fingerprint density at radius 3 is 2.45 bits per heavy atom. The van der Waals surface area contributed by atoms with Gasteiger partial charge in [-0.3, -0.25) is 0 Å². The molecule has 2 nitrogen and oxygen atoms in total. The van der Waals surface area contributed by atoms with Crippen LogP contribution in [0.3, 0.4) is 0 Å². The first-order valence-corrected chi connectivity index (χ1v) is 6.88. The van der Waals surface area contributed by atoms with Gasteiger partial charge in [0.25, 0.3) is 0 Å². The minimum atomic E-state index is -0.387. The van der Waals surface area contributed by atoms with Gasteiger partial charge < -0.3 is 10.5 Å². The molecule has 0 aliphatic rings. The van der Waals surface area contributed by atoms with Crippen LogP contribution in [-0.2, 0) is 6.61 Å². The monoisotopic (exact) mass is 341 g/mol. The molecule has 0 aliphatic carbocycles. The van der Waals surface area contributed by atoms with E-state index in [2.05, 4.69) is 15.9 Å². The molecule has 0 radical (unpaired) electrons. The fraction of sp³-hybridized carbons (Fsp3) is 0.200. The summed E-state index contributed by atoms with van der Waals surface area (Å²) in [6, 6.07) is 8.31. The van der Waals surface area contributed by atoms with Gasteiger partial charge in [0, 0.05) is 27.7 Å². The van der Waals surface area contributed by atoms with E-state index < -0.39 is 0 Å². The number of hydrogen-bond donors (Lipinski definition) is 1. The minimum Gasteiger partial charge on any atom is -0.488 e. The summed E-state index contributed by atoms with van der Waals surface area (Å²) in [5.74, 6) is -0.318. The molecule has 1 unspecified atom stereocenters. The van der Waals surface area contributed by atoms with Crippen LogP contribution in [0.15, 0.2) is 40.9 Å². The third-order valence-electron chi connectivity index (χ3n) is 2.86. The van der Waals surface area contributed by atoms with Gasteiger partial charge >= 0.3 is 0 Å². The number of nitrogens with two attached hydrogens (primary N) is 1. The zero-order chi connectivity index (χ0) is 14.7. The Labute approximate surface area is 124 Å². The Morgan fingerprint density at radius 1 is 1.15 bits per heavy atom. The number of benzene rings is 2. The normalized spacial score (nSPS) is 12.2. The number of rotatable bonds is 4. The van der Waals surface area contributed by atoms with Gasteiger partial charge in [-0.05, 0) is 25.1 Å². The van der Waals surface area contributed by atoms with Crippen LogP contribution in [0.2, 0.25) is 0 Å². The van der Waals surface area contributed by atoms with Crippen molar-refractivity contribution in [2.45, 2.75) is 19.6 Å². The lowest BCUT2D eigenvalue weighted by Gasteiger charge is -2.14. The van der Waals surface area contributed by atoms with Crippen LogP contribution in [0.4, 0.5) is 8.78 Å². The molecule has 2 rings (SSSR count). The molecule has 20 heavy (non-hydrogen) atoms. The molecule has 0 saturated carbocycles. The van der Waals surface area contributed by atoms with Crippen molar-refractivity contribution < 1.29 is 13.5 Å².